The van der Waals surface area contributed by atoms with Gasteiger partial charge in [0.25, 0.3) is 0 Å². The molecule has 1 unspecified atom stereocenters. The van der Waals surface area contributed by atoms with Gasteiger partial charge in [-0.25, -0.2) is 18.7 Å². The van der Waals surface area contributed by atoms with Crippen molar-refractivity contribution in [2.75, 3.05) is 6.54 Å². The number of benzene rings is 1. The van der Waals surface area contributed by atoms with Crippen LogP contribution in [-0.2, 0) is 0 Å². The highest BCUT2D eigenvalue weighted by Gasteiger charge is 2.18. The van der Waals surface area contributed by atoms with Crippen LogP contribution in [-0.4, -0.2) is 16.5 Å². The first kappa shape index (κ1) is 12.6. The summed E-state index contributed by atoms with van der Waals surface area (Å²) < 4.78 is 27.0. The Morgan fingerprint density at radius 1 is 1.22 bits per heavy atom. The Hall–Kier alpha value is -1.88. The zero-order valence-corrected chi connectivity index (χ0v) is 9.90. The van der Waals surface area contributed by atoms with Gasteiger partial charge in [0.05, 0.1) is 6.04 Å². The number of hydrogen-bond acceptors (Lipinski definition) is 3. The van der Waals surface area contributed by atoms with E-state index in [-0.39, 0.29) is 5.56 Å². The minimum atomic E-state index is -0.467. The molecular formula is C13H13F2N3. The smallest absolute Gasteiger partial charge is 0.128 e. The first-order chi connectivity index (χ1) is 8.72. The normalized spacial score (nSPS) is 12.4. The van der Waals surface area contributed by atoms with Crippen molar-refractivity contribution >= 4 is 0 Å². The summed E-state index contributed by atoms with van der Waals surface area (Å²) in [5, 5.41) is 3.10. The Kier molecular flexibility index (Phi) is 3.94. The zero-order valence-electron chi connectivity index (χ0n) is 9.90. The first-order valence-electron chi connectivity index (χ1n) is 5.65. The Balaban J connectivity index is 2.44. The fraction of sp³-hybridized carbons (Fsp3) is 0.231. The fourth-order valence-electron chi connectivity index (χ4n) is 1.81. The summed E-state index contributed by atoms with van der Waals surface area (Å²) in [6, 6.07) is 2.96. The summed E-state index contributed by atoms with van der Waals surface area (Å²) in [7, 11) is 0. The van der Waals surface area contributed by atoms with E-state index in [0.717, 1.165) is 12.1 Å². The van der Waals surface area contributed by atoms with Crippen molar-refractivity contribution in [2.45, 2.75) is 13.0 Å². The van der Waals surface area contributed by atoms with Crippen LogP contribution in [0.15, 0.2) is 36.9 Å². The number of halogens is 2. The Morgan fingerprint density at radius 2 is 1.94 bits per heavy atom. The Bertz CT molecular complexity index is 517. The molecule has 0 bridgehead atoms. The zero-order chi connectivity index (χ0) is 13.0. The van der Waals surface area contributed by atoms with E-state index in [9.17, 15) is 8.78 Å². The largest absolute Gasteiger partial charge is 0.306 e. The highest BCUT2D eigenvalue weighted by molar-refractivity contribution is 5.30. The molecule has 0 aliphatic carbocycles. The molecule has 1 atom stereocenters. The highest BCUT2D eigenvalue weighted by atomic mass is 19.1. The van der Waals surface area contributed by atoms with Gasteiger partial charge < -0.3 is 5.32 Å². The van der Waals surface area contributed by atoms with Crippen molar-refractivity contribution in [1.29, 1.82) is 0 Å². The van der Waals surface area contributed by atoms with Crippen molar-refractivity contribution in [3.63, 3.8) is 0 Å². The maximum Gasteiger partial charge on any atom is 0.128 e. The molecule has 1 aromatic carbocycles. The van der Waals surface area contributed by atoms with Gasteiger partial charge in [0, 0.05) is 23.5 Å². The second-order valence-corrected chi connectivity index (χ2v) is 3.83. The molecular weight excluding hydrogens is 236 g/mol. The van der Waals surface area contributed by atoms with Crippen LogP contribution in [0.1, 0.15) is 24.1 Å². The third-order valence-electron chi connectivity index (χ3n) is 2.59. The van der Waals surface area contributed by atoms with Gasteiger partial charge in [-0.1, -0.05) is 6.92 Å². The number of aromatic nitrogens is 2. The molecule has 0 fully saturated rings. The molecule has 5 heteroatoms. The Labute approximate surface area is 104 Å². The van der Waals surface area contributed by atoms with Gasteiger partial charge in [0.2, 0.25) is 0 Å². The van der Waals surface area contributed by atoms with Crippen molar-refractivity contribution in [3.05, 3.63) is 59.7 Å². The molecule has 2 aromatic rings. The minimum absolute atomic E-state index is 0.256. The molecule has 18 heavy (non-hydrogen) atoms. The number of rotatable bonds is 4. The van der Waals surface area contributed by atoms with E-state index >= 15 is 0 Å². The summed E-state index contributed by atoms with van der Waals surface area (Å²) in [6.07, 6.45) is 4.57. The molecule has 0 radical (unpaired) electrons. The number of nitrogens with one attached hydrogen (secondary N) is 1. The minimum Gasteiger partial charge on any atom is -0.306 e. The molecule has 0 aliphatic heterocycles. The van der Waals surface area contributed by atoms with E-state index in [1.807, 2.05) is 6.92 Å². The van der Waals surface area contributed by atoms with Crippen LogP contribution < -0.4 is 5.32 Å². The van der Waals surface area contributed by atoms with Gasteiger partial charge in [0.15, 0.2) is 0 Å². The predicted octanol–water partition coefficient (Wildman–Crippen LogP) is 2.45. The van der Waals surface area contributed by atoms with Crippen molar-refractivity contribution in [1.82, 2.24) is 15.3 Å². The van der Waals surface area contributed by atoms with Gasteiger partial charge in [-0.3, -0.25) is 0 Å². The summed E-state index contributed by atoms with van der Waals surface area (Å²) in [5.74, 6) is -0.919. The van der Waals surface area contributed by atoms with Crippen LogP contribution in [0, 0.1) is 11.6 Å². The van der Waals surface area contributed by atoms with Crippen LogP contribution >= 0.6 is 0 Å². The fourth-order valence-corrected chi connectivity index (χ4v) is 1.81. The molecule has 3 nitrogen and oxygen atoms in total. The van der Waals surface area contributed by atoms with Gasteiger partial charge in [-0.15, -0.1) is 0 Å². The number of hydrogen-bond donors (Lipinski definition) is 1. The number of nitrogens with zero attached hydrogens (tertiary/aromatic N) is 2. The second kappa shape index (κ2) is 5.64. The SMILES string of the molecule is CCNC(c1cncnc1)c1cc(F)ccc1F. The lowest BCUT2D eigenvalue weighted by Crippen LogP contribution is -2.23. The molecule has 94 valence electrons. The molecule has 0 saturated carbocycles. The molecule has 0 spiro atoms. The standard InChI is InChI=1S/C13H13F2N3/c1-2-18-13(9-6-16-8-17-7-9)11-5-10(14)3-4-12(11)15/h3-8,13,18H,2H2,1H3. The summed E-state index contributed by atoms with van der Waals surface area (Å²) >= 11 is 0. The quantitative estimate of drug-likeness (QED) is 0.904. The van der Waals surface area contributed by atoms with Gasteiger partial charge >= 0.3 is 0 Å². The van der Waals surface area contributed by atoms with E-state index in [1.165, 1.54) is 12.4 Å². The maximum absolute atomic E-state index is 13.8. The average molecular weight is 249 g/mol. The summed E-state index contributed by atoms with van der Waals surface area (Å²) in [5.41, 5.74) is 0.954. The third kappa shape index (κ3) is 2.68. The predicted molar refractivity (Wildman–Crippen MR) is 63.9 cm³/mol. The lowest BCUT2D eigenvalue weighted by molar-refractivity contribution is 0.543. The third-order valence-corrected chi connectivity index (χ3v) is 2.59. The maximum atomic E-state index is 13.8. The van der Waals surface area contributed by atoms with E-state index in [0.29, 0.717) is 12.1 Å². The van der Waals surface area contributed by atoms with E-state index in [4.69, 9.17) is 0 Å². The summed E-state index contributed by atoms with van der Waals surface area (Å²) in [6.45, 7) is 2.52. The molecule has 0 amide bonds. The lowest BCUT2D eigenvalue weighted by atomic mass is 10.0. The van der Waals surface area contributed by atoms with Crippen molar-refractivity contribution in [3.8, 4) is 0 Å². The van der Waals surface area contributed by atoms with Crippen LogP contribution in [0.2, 0.25) is 0 Å². The average Bonchev–Trinajstić information content (AvgIpc) is 2.40. The van der Waals surface area contributed by atoms with E-state index < -0.39 is 17.7 Å². The van der Waals surface area contributed by atoms with Gasteiger partial charge in [-0.2, -0.15) is 0 Å². The second-order valence-electron chi connectivity index (χ2n) is 3.83. The Morgan fingerprint density at radius 3 is 2.61 bits per heavy atom. The van der Waals surface area contributed by atoms with E-state index in [1.54, 1.807) is 12.4 Å². The van der Waals surface area contributed by atoms with Gasteiger partial charge in [0.1, 0.15) is 18.0 Å². The first-order valence-corrected chi connectivity index (χ1v) is 5.65. The van der Waals surface area contributed by atoms with Crippen molar-refractivity contribution < 1.29 is 8.78 Å². The van der Waals surface area contributed by atoms with Gasteiger partial charge in [-0.05, 0) is 24.7 Å². The lowest BCUT2D eigenvalue weighted by Gasteiger charge is -2.18. The summed E-state index contributed by atoms with van der Waals surface area (Å²) in [4.78, 5) is 7.80. The molecule has 1 aromatic heterocycles. The van der Waals surface area contributed by atoms with Crippen LogP contribution in [0.3, 0.4) is 0 Å². The molecule has 0 saturated heterocycles. The van der Waals surface area contributed by atoms with Crippen molar-refractivity contribution in [2.24, 2.45) is 0 Å². The van der Waals surface area contributed by atoms with E-state index in [2.05, 4.69) is 15.3 Å². The van der Waals surface area contributed by atoms with Crippen LogP contribution in [0.4, 0.5) is 8.78 Å². The molecule has 2 rings (SSSR count). The molecule has 0 aliphatic rings. The van der Waals surface area contributed by atoms with Crippen LogP contribution in [0.5, 0.6) is 0 Å². The molecule has 1 heterocycles. The molecule has 1 N–H and O–H groups in total. The highest BCUT2D eigenvalue weighted by Crippen LogP contribution is 2.24. The van der Waals surface area contributed by atoms with Crippen LogP contribution in [0.25, 0.3) is 0 Å². The monoisotopic (exact) mass is 249 g/mol. The topological polar surface area (TPSA) is 37.8 Å².